The molecular formula is C23H31ClN6O3. The Kier molecular flexibility index (Phi) is 5.12. The van der Waals surface area contributed by atoms with Crippen molar-refractivity contribution in [3.05, 3.63) is 38.3 Å². The highest BCUT2D eigenvalue weighted by Gasteiger charge is 2.60. The molecular weight excluding hydrogens is 444 g/mol. The van der Waals surface area contributed by atoms with Gasteiger partial charge in [0.2, 0.25) is 5.91 Å². The average Bonchev–Trinajstić information content (AvgIpc) is 3.19. The molecule has 4 fully saturated rings. The first-order chi connectivity index (χ1) is 15.5. The molecule has 3 unspecified atom stereocenters. The molecule has 2 aromatic heterocycles. The smallest absolute Gasteiger partial charge is 0.358 e. The predicted molar refractivity (Wildman–Crippen MR) is 123 cm³/mol. The summed E-state index contributed by atoms with van der Waals surface area (Å²) in [7, 11) is 1.88. The number of hydrogen-bond acceptors (Lipinski definition) is 5. The van der Waals surface area contributed by atoms with Crippen LogP contribution in [0.4, 0.5) is 5.82 Å². The average molecular weight is 475 g/mol. The standard InChI is InChI=1S/C23H31ClN6O3/c1-13(18-11-28(4)26-14(18)2)25-19(31)10-22-6-16-5-17(7-22)9-23(8-16,12-22)29-15(3)20(24)21(27-29)30(32)33/h11,13,16-17H,5-10,12H2,1-4H3,(H,25,31). The number of nitro groups is 1. The monoisotopic (exact) mass is 474 g/mol. The topological polar surface area (TPSA) is 108 Å². The number of halogens is 1. The second-order valence-corrected chi connectivity index (χ2v) is 11.3. The zero-order valence-electron chi connectivity index (χ0n) is 19.6. The number of nitrogens with zero attached hydrogens (tertiary/aromatic N) is 5. The Morgan fingerprint density at radius 3 is 2.52 bits per heavy atom. The Morgan fingerprint density at radius 1 is 1.30 bits per heavy atom. The summed E-state index contributed by atoms with van der Waals surface area (Å²) in [5, 5.41) is 23.5. The molecule has 4 aliphatic carbocycles. The Morgan fingerprint density at radius 2 is 1.97 bits per heavy atom. The predicted octanol–water partition coefficient (Wildman–Crippen LogP) is 4.36. The van der Waals surface area contributed by atoms with Crippen molar-refractivity contribution in [3.8, 4) is 0 Å². The van der Waals surface area contributed by atoms with Gasteiger partial charge in [-0.25, -0.2) is 0 Å². The van der Waals surface area contributed by atoms with Crippen molar-refractivity contribution in [2.24, 2.45) is 24.3 Å². The Hall–Kier alpha value is -2.42. The van der Waals surface area contributed by atoms with Gasteiger partial charge >= 0.3 is 5.82 Å². The van der Waals surface area contributed by atoms with E-state index >= 15 is 0 Å². The first kappa shape index (κ1) is 22.4. The van der Waals surface area contributed by atoms with Crippen LogP contribution in [-0.4, -0.2) is 30.4 Å². The minimum Gasteiger partial charge on any atom is -0.358 e. The molecule has 4 aliphatic rings. The fourth-order valence-electron chi connectivity index (χ4n) is 7.66. The zero-order chi connectivity index (χ0) is 23.7. The van der Waals surface area contributed by atoms with Crippen LogP contribution >= 0.6 is 11.6 Å². The highest BCUT2D eigenvalue weighted by molar-refractivity contribution is 6.33. The van der Waals surface area contributed by atoms with Crippen molar-refractivity contribution in [2.75, 3.05) is 0 Å². The van der Waals surface area contributed by atoms with E-state index in [9.17, 15) is 14.9 Å². The van der Waals surface area contributed by atoms with Crippen molar-refractivity contribution < 1.29 is 9.72 Å². The molecule has 2 aromatic rings. The van der Waals surface area contributed by atoms with Gasteiger partial charge in [-0.05, 0) is 81.5 Å². The number of hydrogen-bond donors (Lipinski definition) is 1. The third-order valence-electron chi connectivity index (χ3n) is 8.23. The summed E-state index contributed by atoms with van der Waals surface area (Å²) in [5.74, 6) is 0.818. The molecule has 3 atom stereocenters. The molecule has 6 rings (SSSR count). The first-order valence-electron chi connectivity index (χ1n) is 11.7. The molecule has 2 heterocycles. The molecule has 10 heteroatoms. The number of aryl methyl sites for hydroxylation is 2. The second-order valence-electron chi connectivity index (χ2n) is 10.9. The van der Waals surface area contributed by atoms with Gasteiger partial charge in [-0.15, -0.1) is 0 Å². The van der Waals surface area contributed by atoms with Crippen molar-refractivity contribution in [2.45, 2.75) is 77.3 Å². The third-order valence-corrected chi connectivity index (χ3v) is 8.67. The fraction of sp³-hybridized carbons (Fsp3) is 0.696. The van der Waals surface area contributed by atoms with Crippen LogP contribution in [0.25, 0.3) is 0 Å². The van der Waals surface area contributed by atoms with Gasteiger partial charge in [0.05, 0.1) is 28.1 Å². The van der Waals surface area contributed by atoms with Crippen molar-refractivity contribution in [3.63, 3.8) is 0 Å². The molecule has 1 N–H and O–H groups in total. The quantitative estimate of drug-likeness (QED) is 0.494. The van der Waals surface area contributed by atoms with E-state index in [0.29, 0.717) is 24.0 Å². The van der Waals surface area contributed by atoms with Gasteiger partial charge in [-0.1, -0.05) is 11.6 Å². The summed E-state index contributed by atoms with van der Waals surface area (Å²) in [6, 6.07) is -0.108. The van der Waals surface area contributed by atoms with Crippen LogP contribution < -0.4 is 5.32 Å². The molecule has 1 amide bonds. The van der Waals surface area contributed by atoms with Gasteiger partial charge in [-0.2, -0.15) is 9.78 Å². The molecule has 0 saturated heterocycles. The highest BCUT2D eigenvalue weighted by atomic mass is 35.5. The molecule has 0 radical (unpaired) electrons. The van der Waals surface area contributed by atoms with Crippen LogP contribution in [0.3, 0.4) is 0 Å². The molecule has 0 spiro atoms. The van der Waals surface area contributed by atoms with E-state index in [1.807, 2.05) is 38.7 Å². The fourth-order valence-corrected chi connectivity index (χ4v) is 7.84. The van der Waals surface area contributed by atoms with Gasteiger partial charge < -0.3 is 15.4 Å². The van der Waals surface area contributed by atoms with Crippen molar-refractivity contribution >= 4 is 23.3 Å². The Bertz CT molecular complexity index is 1120. The van der Waals surface area contributed by atoms with Crippen LogP contribution in [0.15, 0.2) is 6.20 Å². The van der Waals surface area contributed by atoms with Gasteiger partial charge in [0, 0.05) is 25.2 Å². The number of carbonyl (C=O) groups is 1. The summed E-state index contributed by atoms with van der Waals surface area (Å²) in [6.45, 7) is 5.77. The molecule has 178 valence electrons. The Balaban J connectivity index is 1.39. The maximum Gasteiger partial charge on any atom is 0.408 e. The van der Waals surface area contributed by atoms with E-state index in [4.69, 9.17) is 11.6 Å². The van der Waals surface area contributed by atoms with Gasteiger partial charge in [-0.3, -0.25) is 9.48 Å². The van der Waals surface area contributed by atoms with Crippen molar-refractivity contribution in [1.82, 2.24) is 24.9 Å². The SMILES string of the molecule is Cc1nn(C)cc1C(C)NC(=O)CC12CC3CC(C1)CC(n1nc([N+](=O)[O-])c(Cl)c1C)(C3)C2. The lowest BCUT2D eigenvalue weighted by atomic mass is 9.46. The molecule has 33 heavy (non-hydrogen) atoms. The van der Waals surface area contributed by atoms with E-state index in [0.717, 1.165) is 43.4 Å². The molecule has 4 saturated carbocycles. The summed E-state index contributed by atoms with van der Waals surface area (Å²) in [4.78, 5) is 24.2. The third kappa shape index (κ3) is 3.64. The van der Waals surface area contributed by atoms with Crippen LogP contribution in [0.1, 0.15) is 74.9 Å². The van der Waals surface area contributed by atoms with Crippen molar-refractivity contribution in [1.29, 1.82) is 0 Å². The van der Waals surface area contributed by atoms with Crippen LogP contribution in [0.2, 0.25) is 5.02 Å². The van der Waals surface area contributed by atoms with Gasteiger partial charge in [0.25, 0.3) is 0 Å². The molecule has 9 nitrogen and oxygen atoms in total. The lowest BCUT2D eigenvalue weighted by molar-refractivity contribution is -0.389. The van der Waals surface area contributed by atoms with Crippen LogP contribution in [0.5, 0.6) is 0 Å². The highest BCUT2D eigenvalue weighted by Crippen LogP contribution is 2.65. The number of amides is 1. The lowest BCUT2D eigenvalue weighted by Gasteiger charge is -2.61. The normalized spacial score (nSPS) is 31.1. The van der Waals surface area contributed by atoms with Crippen LogP contribution in [-0.2, 0) is 17.4 Å². The van der Waals surface area contributed by atoms with E-state index in [-0.39, 0.29) is 33.7 Å². The molecule has 0 aliphatic heterocycles. The Labute approximate surface area is 198 Å². The summed E-state index contributed by atoms with van der Waals surface area (Å²) >= 11 is 6.30. The largest absolute Gasteiger partial charge is 0.408 e. The molecule has 4 bridgehead atoms. The van der Waals surface area contributed by atoms with E-state index in [2.05, 4.69) is 15.5 Å². The summed E-state index contributed by atoms with van der Waals surface area (Å²) in [5.41, 5.74) is 2.22. The minimum atomic E-state index is -0.503. The maximum absolute atomic E-state index is 13.2. The summed E-state index contributed by atoms with van der Waals surface area (Å²) in [6.07, 6.45) is 8.40. The lowest BCUT2D eigenvalue weighted by Crippen LogP contribution is -2.58. The number of aromatic nitrogens is 4. The van der Waals surface area contributed by atoms with E-state index < -0.39 is 4.92 Å². The maximum atomic E-state index is 13.2. The second kappa shape index (κ2) is 7.55. The number of rotatable bonds is 6. The van der Waals surface area contributed by atoms with E-state index in [1.165, 1.54) is 6.42 Å². The number of nitrogens with one attached hydrogen (secondary N) is 1. The zero-order valence-corrected chi connectivity index (χ0v) is 20.4. The van der Waals surface area contributed by atoms with Gasteiger partial charge in [0.1, 0.15) is 0 Å². The molecule has 0 aromatic carbocycles. The number of carbonyl (C=O) groups excluding carboxylic acids is 1. The summed E-state index contributed by atoms with van der Waals surface area (Å²) < 4.78 is 3.62. The van der Waals surface area contributed by atoms with Gasteiger partial charge in [0.15, 0.2) is 5.02 Å². The van der Waals surface area contributed by atoms with E-state index in [1.54, 1.807) is 4.68 Å². The first-order valence-corrected chi connectivity index (χ1v) is 12.1. The van der Waals surface area contributed by atoms with Crippen LogP contribution in [0, 0.1) is 41.2 Å². The minimum absolute atomic E-state index is 0.0593.